The minimum absolute atomic E-state index is 0.119. The fourth-order valence-electron chi connectivity index (χ4n) is 2.23. The van der Waals surface area contributed by atoms with Gasteiger partial charge in [-0.3, -0.25) is 4.79 Å². The Bertz CT molecular complexity index is 769. The Morgan fingerprint density at radius 2 is 2.04 bits per heavy atom. The van der Waals surface area contributed by atoms with Gasteiger partial charge in [-0.25, -0.2) is 9.37 Å². The molecule has 1 N–H and O–H groups in total. The van der Waals surface area contributed by atoms with Gasteiger partial charge < -0.3 is 5.32 Å². The van der Waals surface area contributed by atoms with E-state index in [1.54, 1.807) is 12.1 Å². The van der Waals surface area contributed by atoms with E-state index in [9.17, 15) is 14.4 Å². The average molecular weight is 343 g/mol. The number of thioether (sulfide) groups is 1. The highest BCUT2D eigenvalue weighted by Gasteiger charge is 2.11. The molecule has 2 aromatic rings. The topological polar surface area (TPSA) is 65.8 Å². The molecule has 24 heavy (non-hydrogen) atoms. The number of hydrogen-bond acceptors (Lipinski definition) is 4. The monoisotopic (exact) mass is 343 g/mol. The fraction of sp³-hybridized carbons (Fsp3) is 0.278. The van der Waals surface area contributed by atoms with Crippen LogP contribution in [0.2, 0.25) is 0 Å². The van der Waals surface area contributed by atoms with Gasteiger partial charge in [-0.2, -0.15) is 5.26 Å². The van der Waals surface area contributed by atoms with Crippen LogP contribution < -0.4 is 5.32 Å². The lowest BCUT2D eigenvalue weighted by Crippen LogP contribution is -2.27. The van der Waals surface area contributed by atoms with Crippen LogP contribution in [0, 0.1) is 31.0 Å². The number of nitrogens with zero attached hydrogens (tertiary/aromatic N) is 2. The molecule has 0 aliphatic rings. The standard InChI is InChI=1S/C18H18FN3OS/c1-12-9-13(2)22-18(16(12)10-20)24-11-17(23)21-8-7-14-3-5-15(19)6-4-14/h3-6,9H,7-8,11H2,1-2H3,(H,21,23). The maximum absolute atomic E-state index is 12.8. The lowest BCUT2D eigenvalue weighted by atomic mass is 10.1. The van der Waals surface area contributed by atoms with Crippen LogP contribution in [0.15, 0.2) is 35.4 Å². The summed E-state index contributed by atoms with van der Waals surface area (Å²) in [5.74, 6) is -0.186. The van der Waals surface area contributed by atoms with Gasteiger partial charge in [0.15, 0.2) is 0 Å². The number of rotatable bonds is 6. The zero-order valence-electron chi connectivity index (χ0n) is 13.6. The molecule has 0 aliphatic heterocycles. The Labute approximate surface area is 145 Å². The maximum Gasteiger partial charge on any atom is 0.230 e. The third-order valence-corrected chi connectivity index (χ3v) is 4.39. The van der Waals surface area contributed by atoms with E-state index in [1.165, 1.54) is 23.9 Å². The molecule has 1 heterocycles. The molecule has 4 nitrogen and oxygen atoms in total. The molecule has 1 amide bonds. The van der Waals surface area contributed by atoms with Crippen molar-refractivity contribution in [3.63, 3.8) is 0 Å². The molecule has 0 spiro atoms. The van der Waals surface area contributed by atoms with Crippen LogP contribution in [0.3, 0.4) is 0 Å². The number of halogens is 1. The number of nitriles is 1. The predicted octanol–water partition coefficient (Wildman–Crippen LogP) is 3.16. The second-order valence-corrected chi connectivity index (χ2v) is 6.35. The number of amides is 1. The van der Waals surface area contributed by atoms with Crippen LogP contribution in [0.1, 0.15) is 22.4 Å². The van der Waals surface area contributed by atoms with Crippen molar-refractivity contribution in [2.45, 2.75) is 25.3 Å². The highest BCUT2D eigenvalue weighted by atomic mass is 32.2. The number of aromatic nitrogens is 1. The molecule has 0 bridgehead atoms. The van der Waals surface area contributed by atoms with E-state index < -0.39 is 0 Å². The van der Waals surface area contributed by atoms with Gasteiger partial charge in [0.1, 0.15) is 16.9 Å². The lowest BCUT2D eigenvalue weighted by molar-refractivity contribution is -0.118. The summed E-state index contributed by atoms with van der Waals surface area (Å²) in [6.07, 6.45) is 0.641. The van der Waals surface area contributed by atoms with Crippen LogP contribution in [0.5, 0.6) is 0 Å². The zero-order chi connectivity index (χ0) is 17.5. The van der Waals surface area contributed by atoms with Crippen molar-refractivity contribution in [1.29, 1.82) is 5.26 Å². The number of carbonyl (C=O) groups excluding carboxylic acids is 1. The van der Waals surface area contributed by atoms with E-state index in [0.717, 1.165) is 16.8 Å². The van der Waals surface area contributed by atoms with E-state index in [2.05, 4.69) is 16.4 Å². The minimum Gasteiger partial charge on any atom is -0.355 e. The van der Waals surface area contributed by atoms with Gasteiger partial charge in [0, 0.05) is 12.2 Å². The molecule has 0 aliphatic carbocycles. The van der Waals surface area contributed by atoms with Crippen LogP contribution >= 0.6 is 11.8 Å². The first-order valence-corrected chi connectivity index (χ1v) is 8.50. The smallest absolute Gasteiger partial charge is 0.230 e. The maximum atomic E-state index is 12.8. The normalized spacial score (nSPS) is 10.2. The lowest BCUT2D eigenvalue weighted by Gasteiger charge is -2.08. The van der Waals surface area contributed by atoms with E-state index in [-0.39, 0.29) is 17.5 Å². The second kappa shape index (κ2) is 8.46. The molecule has 2 rings (SSSR count). The molecule has 0 radical (unpaired) electrons. The van der Waals surface area contributed by atoms with Crippen molar-refractivity contribution >= 4 is 17.7 Å². The summed E-state index contributed by atoms with van der Waals surface area (Å²) in [5, 5.41) is 12.6. The molecule has 0 saturated carbocycles. The highest BCUT2D eigenvalue weighted by Crippen LogP contribution is 2.23. The molecular formula is C18H18FN3OS. The zero-order valence-corrected chi connectivity index (χ0v) is 14.4. The van der Waals surface area contributed by atoms with Gasteiger partial charge in [0.2, 0.25) is 5.91 Å². The van der Waals surface area contributed by atoms with E-state index in [0.29, 0.717) is 23.6 Å². The summed E-state index contributed by atoms with van der Waals surface area (Å²) >= 11 is 1.26. The van der Waals surface area contributed by atoms with E-state index in [1.807, 2.05) is 19.9 Å². The number of nitrogens with one attached hydrogen (secondary N) is 1. The fourth-order valence-corrected chi connectivity index (χ4v) is 3.15. The molecule has 0 fully saturated rings. The molecule has 0 saturated heterocycles. The number of pyridine rings is 1. The van der Waals surface area contributed by atoms with Crippen molar-refractivity contribution in [3.05, 3.63) is 58.5 Å². The number of aryl methyl sites for hydroxylation is 2. The molecule has 1 aromatic carbocycles. The van der Waals surface area contributed by atoms with Crippen molar-refractivity contribution in [2.24, 2.45) is 0 Å². The molecule has 0 atom stereocenters. The summed E-state index contributed by atoms with van der Waals surface area (Å²) in [4.78, 5) is 16.3. The van der Waals surface area contributed by atoms with Crippen molar-refractivity contribution in [3.8, 4) is 6.07 Å². The van der Waals surface area contributed by atoms with Gasteiger partial charge in [-0.05, 0) is 49.6 Å². The van der Waals surface area contributed by atoms with E-state index >= 15 is 0 Å². The van der Waals surface area contributed by atoms with Crippen molar-refractivity contribution in [1.82, 2.24) is 10.3 Å². The Kier molecular flexibility index (Phi) is 6.33. The summed E-state index contributed by atoms with van der Waals surface area (Å²) in [6.45, 7) is 4.21. The van der Waals surface area contributed by atoms with Crippen LogP contribution in [0.4, 0.5) is 4.39 Å². The Balaban J connectivity index is 1.83. The average Bonchev–Trinajstić information content (AvgIpc) is 2.54. The minimum atomic E-state index is -0.270. The third-order valence-electron chi connectivity index (χ3n) is 3.41. The van der Waals surface area contributed by atoms with Crippen LogP contribution in [-0.4, -0.2) is 23.2 Å². The van der Waals surface area contributed by atoms with Gasteiger partial charge in [-0.1, -0.05) is 23.9 Å². The number of carbonyl (C=O) groups is 1. The first-order valence-electron chi connectivity index (χ1n) is 7.52. The Hall–Kier alpha value is -2.39. The summed E-state index contributed by atoms with van der Waals surface area (Å²) in [6, 6.07) is 10.2. The van der Waals surface area contributed by atoms with Crippen molar-refractivity contribution in [2.75, 3.05) is 12.3 Å². The third kappa shape index (κ3) is 5.07. The number of benzene rings is 1. The first-order chi connectivity index (χ1) is 11.5. The quantitative estimate of drug-likeness (QED) is 0.818. The molecule has 0 unspecified atom stereocenters. The summed E-state index contributed by atoms with van der Waals surface area (Å²) in [5.41, 5.74) is 3.17. The predicted molar refractivity (Wildman–Crippen MR) is 92.3 cm³/mol. The number of hydrogen-bond donors (Lipinski definition) is 1. The summed E-state index contributed by atoms with van der Waals surface area (Å²) in [7, 11) is 0. The van der Waals surface area contributed by atoms with Crippen LogP contribution in [-0.2, 0) is 11.2 Å². The van der Waals surface area contributed by atoms with Crippen LogP contribution in [0.25, 0.3) is 0 Å². The molecule has 6 heteroatoms. The van der Waals surface area contributed by atoms with Gasteiger partial charge >= 0.3 is 0 Å². The van der Waals surface area contributed by atoms with E-state index in [4.69, 9.17) is 0 Å². The van der Waals surface area contributed by atoms with Gasteiger partial charge in [0.25, 0.3) is 0 Å². The Morgan fingerprint density at radius 3 is 2.71 bits per heavy atom. The largest absolute Gasteiger partial charge is 0.355 e. The van der Waals surface area contributed by atoms with Gasteiger partial charge in [0.05, 0.1) is 11.3 Å². The SMILES string of the molecule is Cc1cc(C)c(C#N)c(SCC(=O)NCCc2ccc(F)cc2)n1. The highest BCUT2D eigenvalue weighted by molar-refractivity contribution is 8.00. The molecular weight excluding hydrogens is 325 g/mol. The molecule has 1 aromatic heterocycles. The summed E-state index contributed by atoms with van der Waals surface area (Å²) < 4.78 is 12.8. The van der Waals surface area contributed by atoms with Crippen molar-refractivity contribution < 1.29 is 9.18 Å². The molecule has 124 valence electrons. The van der Waals surface area contributed by atoms with Gasteiger partial charge in [-0.15, -0.1) is 0 Å². The first kappa shape index (κ1) is 18.0. The second-order valence-electron chi connectivity index (χ2n) is 5.39. The Morgan fingerprint density at radius 1 is 1.33 bits per heavy atom.